The van der Waals surface area contributed by atoms with Crippen LogP contribution in [0.25, 0.3) is 0 Å². The van der Waals surface area contributed by atoms with E-state index < -0.39 is 0 Å². The molecular formula is C18H25N3O3. The third kappa shape index (κ3) is 5.36. The van der Waals surface area contributed by atoms with Gasteiger partial charge in [-0.2, -0.15) is 0 Å². The van der Waals surface area contributed by atoms with E-state index in [9.17, 15) is 0 Å². The minimum Gasteiger partial charge on any atom is -0.493 e. The zero-order valence-corrected chi connectivity index (χ0v) is 14.3. The highest BCUT2D eigenvalue weighted by Crippen LogP contribution is 2.27. The van der Waals surface area contributed by atoms with Crippen LogP contribution in [0.3, 0.4) is 0 Å². The van der Waals surface area contributed by atoms with Crippen molar-refractivity contribution < 1.29 is 14.2 Å². The second kappa shape index (κ2) is 9.68. The number of benzene rings is 1. The van der Waals surface area contributed by atoms with Gasteiger partial charge >= 0.3 is 0 Å². The van der Waals surface area contributed by atoms with Gasteiger partial charge in [0.2, 0.25) is 0 Å². The van der Waals surface area contributed by atoms with Gasteiger partial charge < -0.3 is 24.8 Å². The van der Waals surface area contributed by atoms with Crippen LogP contribution in [0.2, 0.25) is 0 Å². The Morgan fingerprint density at radius 1 is 1.42 bits per heavy atom. The first kappa shape index (κ1) is 18.0. The van der Waals surface area contributed by atoms with Gasteiger partial charge in [0.15, 0.2) is 17.5 Å². The standard InChI is InChI=1S/C18H25N3O3/c1-4-9-24-17-11-14(7-8-16(17)22-3)12-20-18(19-2)21-13-15-6-5-10-23-15/h1,7-8,11,15H,5-6,9-10,12-13H2,2-3H3,(H2,19,20,21). The topological polar surface area (TPSA) is 64.1 Å². The van der Waals surface area contributed by atoms with Crippen molar-refractivity contribution >= 4 is 5.96 Å². The van der Waals surface area contributed by atoms with Crippen LogP contribution in [-0.4, -0.2) is 46.0 Å². The summed E-state index contributed by atoms with van der Waals surface area (Å²) in [7, 11) is 3.35. The lowest BCUT2D eigenvalue weighted by atomic mass is 10.2. The fourth-order valence-electron chi connectivity index (χ4n) is 2.49. The maximum atomic E-state index is 5.60. The molecule has 1 saturated heterocycles. The van der Waals surface area contributed by atoms with Crippen LogP contribution in [0.4, 0.5) is 0 Å². The second-order valence-corrected chi connectivity index (χ2v) is 5.42. The third-order valence-electron chi connectivity index (χ3n) is 3.74. The molecule has 0 aromatic heterocycles. The smallest absolute Gasteiger partial charge is 0.191 e. The monoisotopic (exact) mass is 331 g/mol. The molecule has 2 rings (SSSR count). The Hall–Kier alpha value is -2.39. The fraction of sp³-hybridized carbons (Fsp3) is 0.500. The molecule has 0 spiro atoms. The predicted octanol–water partition coefficient (Wildman–Crippen LogP) is 1.55. The van der Waals surface area contributed by atoms with E-state index in [0.717, 1.165) is 37.5 Å². The molecule has 1 heterocycles. The quantitative estimate of drug-likeness (QED) is 0.451. The van der Waals surface area contributed by atoms with Crippen molar-refractivity contribution in [2.24, 2.45) is 4.99 Å². The second-order valence-electron chi connectivity index (χ2n) is 5.42. The van der Waals surface area contributed by atoms with E-state index in [0.29, 0.717) is 18.0 Å². The number of nitrogens with zero attached hydrogens (tertiary/aromatic N) is 1. The lowest BCUT2D eigenvalue weighted by Gasteiger charge is -2.16. The average Bonchev–Trinajstić information content (AvgIpc) is 3.13. The van der Waals surface area contributed by atoms with Crippen molar-refractivity contribution in [3.8, 4) is 23.8 Å². The summed E-state index contributed by atoms with van der Waals surface area (Å²) < 4.78 is 16.4. The number of ether oxygens (including phenoxy) is 3. The Morgan fingerprint density at radius 2 is 2.29 bits per heavy atom. The van der Waals surface area contributed by atoms with Crippen LogP contribution in [-0.2, 0) is 11.3 Å². The summed E-state index contributed by atoms with van der Waals surface area (Å²) in [6.45, 7) is 2.43. The van der Waals surface area contributed by atoms with Gasteiger partial charge in [-0.1, -0.05) is 12.0 Å². The first-order valence-electron chi connectivity index (χ1n) is 8.06. The number of methoxy groups -OCH3 is 1. The lowest BCUT2D eigenvalue weighted by Crippen LogP contribution is -2.40. The van der Waals surface area contributed by atoms with Gasteiger partial charge in [0.05, 0.1) is 13.2 Å². The molecule has 0 radical (unpaired) electrons. The molecule has 1 aliphatic heterocycles. The minimum atomic E-state index is 0.206. The molecular weight excluding hydrogens is 306 g/mol. The van der Waals surface area contributed by atoms with Gasteiger partial charge in [0.1, 0.15) is 6.61 Å². The number of guanidine groups is 1. The molecule has 1 fully saturated rings. The van der Waals surface area contributed by atoms with Crippen molar-refractivity contribution in [1.29, 1.82) is 0 Å². The summed E-state index contributed by atoms with van der Waals surface area (Å²) in [5.74, 6) is 4.50. The van der Waals surface area contributed by atoms with E-state index in [4.69, 9.17) is 20.6 Å². The average molecular weight is 331 g/mol. The van der Waals surface area contributed by atoms with E-state index in [-0.39, 0.29) is 12.7 Å². The Morgan fingerprint density at radius 3 is 2.96 bits per heavy atom. The highest BCUT2D eigenvalue weighted by atomic mass is 16.5. The molecule has 1 atom stereocenters. The van der Waals surface area contributed by atoms with Gasteiger partial charge in [0.25, 0.3) is 0 Å². The molecule has 6 nitrogen and oxygen atoms in total. The molecule has 1 aromatic rings. The SMILES string of the molecule is C#CCOc1cc(CNC(=NC)NCC2CCCO2)ccc1OC. The summed E-state index contributed by atoms with van der Waals surface area (Å²) >= 11 is 0. The van der Waals surface area contributed by atoms with E-state index in [1.165, 1.54) is 0 Å². The lowest BCUT2D eigenvalue weighted by molar-refractivity contribution is 0.114. The van der Waals surface area contributed by atoms with Crippen molar-refractivity contribution in [2.75, 3.05) is 33.9 Å². The fourth-order valence-corrected chi connectivity index (χ4v) is 2.49. The molecule has 24 heavy (non-hydrogen) atoms. The van der Waals surface area contributed by atoms with E-state index in [2.05, 4.69) is 21.5 Å². The molecule has 2 N–H and O–H groups in total. The van der Waals surface area contributed by atoms with Crippen molar-refractivity contribution in [2.45, 2.75) is 25.5 Å². The number of aliphatic imine (C=N–C) groups is 1. The Balaban J connectivity index is 1.88. The van der Waals surface area contributed by atoms with E-state index >= 15 is 0 Å². The van der Waals surface area contributed by atoms with Gasteiger partial charge in [-0.15, -0.1) is 6.42 Å². The van der Waals surface area contributed by atoms with Crippen LogP contribution >= 0.6 is 0 Å². The highest BCUT2D eigenvalue weighted by molar-refractivity contribution is 5.79. The predicted molar refractivity (Wildman–Crippen MR) is 94.5 cm³/mol. The number of rotatable bonds is 7. The van der Waals surface area contributed by atoms with Crippen LogP contribution in [0.5, 0.6) is 11.5 Å². The molecule has 1 unspecified atom stereocenters. The van der Waals surface area contributed by atoms with Gasteiger partial charge in [0, 0.05) is 26.7 Å². The maximum Gasteiger partial charge on any atom is 0.191 e. The normalized spacial score (nSPS) is 17.2. The Labute approximate surface area is 143 Å². The number of hydrogen-bond acceptors (Lipinski definition) is 4. The number of terminal acetylenes is 1. The molecule has 1 aromatic carbocycles. The van der Waals surface area contributed by atoms with E-state index in [1.807, 2.05) is 18.2 Å². The Kier molecular flexibility index (Phi) is 7.24. The summed E-state index contributed by atoms with van der Waals surface area (Å²) in [5.41, 5.74) is 1.04. The molecule has 1 aliphatic rings. The largest absolute Gasteiger partial charge is 0.493 e. The summed E-state index contributed by atoms with van der Waals surface area (Å²) in [6, 6.07) is 5.75. The maximum absolute atomic E-state index is 5.60. The van der Waals surface area contributed by atoms with Crippen molar-refractivity contribution in [1.82, 2.24) is 10.6 Å². The Bertz CT molecular complexity index is 590. The highest BCUT2D eigenvalue weighted by Gasteiger charge is 2.15. The number of hydrogen-bond donors (Lipinski definition) is 2. The third-order valence-corrected chi connectivity index (χ3v) is 3.74. The van der Waals surface area contributed by atoms with Gasteiger partial charge in [-0.05, 0) is 30.5 Å². The first-order chi connectivity index (χ1) is 11.8. The number of nitrogens with one attached hydrogen (secondary N) is 2. The minimum absolute atomic E-state index is 0.206. The zero-order chi connectivity index (χ0) is 17.2. The first-order valence-corrected chi connectivity index (χ1v) is 8.06. The molecule has 0 saturated carbocycles. The zero-order valence-electron chi connectivity index (χ0n) is 14.3. The van der Waals surface area contributed by atoms with Crippen LogP contribution in [0, 0.1) is 12.3 Å². The van der Waals surface area contributed by atoms with Gasteiger partial charge in [-0.3, -0.25) is 4.99 Å². The van der Waals surface area contributed by atoms with Crippen molar-refractivity contribution in [3.05, 3.63) is 23.8 Å². The molecule has 6 heteroatoms. The summed E-state index contributed by atoms with van der Waals surface area (Å²) in [5, 5.41) is 6.56. The van der Waals surface area contributed by atoms with E-state index in [1.54, 1.807) is 14.2 Å². The molecule has 0 bridgehead atoms. The molecule has 0 amide bonds. The van der Waals surface area contributed by atoms with Crippen LogP contribution in [0.1, 0.15) is 18.4 Å². The summed E-state index contributed by atoms with van der Waals surface area (Å²) in [6.07, 6.45) is 7.74. The van der Waals surface area contributed by atoms with Gasteiger partial charge in [-0.25, -0.2) is 0 Å². The molecule has 0 aliphatic carbocycles. The summed E-state index contributed by atoms with van der Waals surface area (Å²) in [4.78, 5) is 4.23. The molecule has 130 valence electrons. The van der Waals surface area contributed by atoms with Crippen LogP contribution < -0.4 is 20.1 Å². The van der Waals surface area contributed by atoms with Crippen molar-refractivity contribution in [3.63, 3.8) is 0 Å². The van der Waals surface area contributed by atoms with Crippen LogP contribution in [0.15, 0.2) is 23.2 Å².